The summed E-state index contributed by atoms with van der Waals surface area (Å²) in [7, 11) is 1.00. The zero-order valence-electron chi connectivity index (χ0n) is 29.5. The third-order valence-corrected chi connectivity index (χ3v) is 11.3. The van der Waals surface area contributed by atoms with Crippen LogP contribution in [0.25, 0.3) is 48.5 Å². The molecule has 0 aliphatic rings. The van der Waals surface area contributed by atoms with Crippen molar-refractivity contribution in [3.05, 3.63) is 134 Å². The largest absolute Gasteiger partial charge is 0.507 e. The Kier molecular flexibility index (Phi) is 11.8. The lowest BCUT2D eigenvalue weighted by Gasteiger charge is -2.15. The van der Waals surface area contributed by atoms with Gasteiger partial charge in [-0.25, -0.2) is 43.6 Å². The Morgan fingerprint density at radius 2 is 0.898 bits per heavy atom. The minimum Gasteiger partial charge on any atom is -0.507 e. The lowest BCUT2D eigenvalue weighted by molar-refractivity contribution is 0.111. The Hall–Kier alpha value is -6.13. The molecular formula is C36H22Cl3N9O8S3. The Morgan fingerprint density at radius 1 is 0.559 bits per heavy atom. The highest BCUT2D eigenvalue weighted by Gasteiger charge is 2.26. The molecule has 0 spiro atoms. The molecule has 298 valence electrons. The number of aldehydes is 1. The number of thiazole rings is 3. The first-order chi connectivity index (χ1) is 28.5. The van der Waals surface area contributed by atoms with Gasteiger partial charge in [0.1, 0.15) is 38.3 Å². The van der Waals surface area contributed by atoms with Crippen molar-refractivity contribution in [2.24, 2.45) is 0 Å². The molecule has 0 saturated carbocycles. The number of hydrogen-bond acceptors (Lipinski definition) is 17. The molecule has 0 aromatic carbocycles. The summed E-state index contributed by atoms with van der Waals surface area (Å²) in [6, 6.07) is 8.95. The normalized spacial score (nSPS) is 11.0. The van der Waals surface area contributed by atoms with Crippen LogP contribution in [0.5, 0.6) is 17.2 Å². The van der Waals surface area contributed by atoms with E-state index in [1.165, 1.54) is 98.1 Å². The van der Waals surface area contributed by atoms with E-state index in [-0.39, 0.29) is 76.7 Å². The zero-order chi connectivity index (χ0) is 42.1. The van der Waals surface area contributed by atoms with Gasteiger partial charge in [0.15, 0.2) is 38.6 Å². The van der Waals surface area contributed by atoms with Crippen LogP contribution < -0.4 is 16.7 Å². The number of nitrogens with zero attached hydrogens (tertiary/aromatic N) is 9. The number of aromatic hydroxyl groups is 3. The Balaban J connectivity index is 0.000000202. The fraction of sp³-hybridized carbons (Fsp3) is 0.0556. The van der Waals surface area contributed by atoms with Crippen molar-refractivity contribution < 1.29 is 25.2 Å². The molecule has 9 heterocycles. The maximum atomic E-state index is 13.7. The van der Waals surface area contributed by atoms with E-state index in [2.05, 4.69) is 29.9 Å². The minimum atomic E-state index is -0.685. The number of carbonyl (C=O) groups excluding carboxylic acids is 1. The van der Waals surface area contributed by atoms with Crippen molar-refractivity contribution in [2.45, 2.75) is 6.42 Å². The van der Waals surface area contributed by atoms with Gasteiger partial charge in [-0.2, -0.15) is 0 Å². The van der Waals surface area contributed by atoms with Gasteiger partial charge < -0.3 is 20.4 Å². The first kappa shape index (κ1) is 41.0. The fourth-order valence-corrected chi connectivity index (χ4v) is 8.26. The second kappa shape index (κ2) is 17.0. The number of aromatic nitrogens is 9. The van der Waals surface area contributed by atoms with E-state index in [0.717, 1.165) is 11.7 Å². The quantitative estimate of drug-likeness (QED) is 0.112. The molecule has 59 heavy (non-hydrogen) atoms. The molecule has 0 saturated heterocycles. The van der Waals surface area contributed by atoms with Crippen LogP contribution in [0.2, 0.25) is 15.5 Å². The number of carbonyl (C=O) groups is 1. The number of hydrogen-bond donors (Lipinski definition) is 4. The monoisotopic (exact) mass is 909 g/mol. The van der Waals surface area contributed by atoms with Gasteiger partial charge in [-0.05, 0) is 36.4 Å². The van der Waals surface area contributed by atoms with E-state index in [1.807, 2.05) is 0 Å². The molecule has 9 aromatic heterocycles. The first-order valence-electron chi connectivity index (χ1n) is 16.4. The molecule has 0 radical (unpaired) electrons. The Labute approximate surface area is 355 Å². The fourth-order valence-electron chi connectivity index (χ4n) is 5.91. The van der Waals surface area contributed by atoms with Crippen molar-refractivity contribution in [1.29, 1.82) is 0 Å². The van der Waals surface area contributed by atoms with E-state index < -0.39 is 28.8 Å². The molecule has 0 fully saturated rings. The molecule has 0 bridgehead atoms. The van der Waals surface area contributed by atoms with Gasteiger partial charge in [-0.3, -0.25) is 19.2 Å². The topological polar surface area (TPSA) is 241 Å². The Morgan fingerprint density at radius 3 is 1.22 bits per heavy atom. The number of fused-ring (bicyclic) bond motifs is 3. The van der Waals surface area contributed by atoms with Crippen LogP contribution >= 0.6 is 68.8 Å². The summed E-state index contributed by atoms with van der Waals surface area (Å²) in [4.78, 5) is 75.7. The summed E-state index contributed by atoms with van der Waals surface area (Å²) in [5, 5.41) is 46.4. The third-order valence-electron chi connectivity index (χ3n) is 8.41. The summed E-state index contributed by atoms with van der Waals surface area (Å²) < 4.78 is 3.61. The number of aliphatic hydroxyl groups excluding tert-OH is 1. The molecule has 9 aromatic rings. The van der Waals surface area contributed by atoms with Crippen molar-refractivity contribution in [3.63, 3.8) is 0 Å². The Bertz CT molecular complexity index is 3090. The van der Waals surface area contributed by atoms with Crippen LogP contribution in [0.3, 0.4) is 0 Å². The molecule has 0 aliphatic heterocycles. The van der Waals surface area contributed by atoms with E-state index in [0.29, 0.717) is 21.7 Å². The predicted octanol–water partition coefficient (Wildman–Crippen LogP) is 5.93. The van der Waals surface area contributed by atoms with Gasteiger partial charge in [0.25, 0.3) is 16.7 Å². The predicted molar refractivity (Wildman–Crippen MR) is 225 cm³/mol. The maximum absolute atomic E-state index is 13.7. The van der Waals surface area contributed by atoms with E-state index in [4.69, 9.17) is 39.9 Å². The third kappa shape index (κ3) is 7.42. The molecule has 0 aliphatic carbocycles. The summed E-state index contributed by atoms with van der Waals surface area (Å²) >= 11 is 21.6. The second-order valence-corrected chi connectivity index (χ2v) is 15.4. The molecular weight excluding hydrogens is 889 g/mol. The van der Waals surface area contributed by atoms with Crippen molar-refractivity contribution in [3.8, 4) is 32.6 Å². The van der Waals surface area contributed by atoms with Gasteiger partial charge in [-0.15, -0.1) is 34.0 Å². The highest BCUT2D eigenvalue weighted by Crippen LogP contribution is 2.34. The first-order valence-corrected chi connectivity index (χ1v) is 20.2. The van der Waals surface area contributed by atoms with E-state index in [9.17, 15) is 34.5 Å². The number of pyridine rings is 6. The van der Waals surface area contributed by atoms with Gasteiger partial charge in [0.2, 0.25) is 0 Å². The number of rotatable bonds is 6. The molecule has 23 heteroatoms. The molecule has 17 nitrogen and oxygen atoms in total. The number of halogens is 3. The molecule has 0 atom stereocenters. The highest BCUT2D eigenvalue weighted by molar-refractivity contribution is 7.12. The van der Waals surface area contributed by atoms with Crippen LogP contribution in [0.1, 0.15) is 21.5 Å². The van der Waals surface area contributed by atoms with E-state index in [1.54, 1.807) is 16.1 Å². The van der Waals surface area contributed by atoms with E-state index >= 15 is 0 Å². The second-order valence-electron chi connectivity index (χ2n) is 11.6. The molecule has 9 rings (SSSR count). The summed E-state index contributed by atoms with van der Waals surface area (Å²) in [5.74, 6) is -1.17. The SMILES string of the molecule is CO.O=Cc1c(O)c2ccc(Cl)nc2n(-c2nccs2)c1=O.O=c1c(Cc2c(O)c3ccc(Cl)nc3n(-c3nccs3)c2=O)c(O)c2ccc(Cl)nc2n1-c1nccs1. The summed E-state index contributed by atoms with van der Waals surface area (Å²) in [5.41, 5.74) is -2.25. The molecule has 0 unspecified atom stereocenters. The van der Waals surface area contributed by atoms with Crippen LogP contribution in [0, 0.1) is 0 Å². The van der Waals surface area contributed by atoms with Crippen molar-refractivity contribution in [1.82, 2.24) is 43.6 Å². The molecule has 4 N–H and O–H groups in total. The average molecular weight is 911 g/mol. The van der Waals surface area contributed by atoms with Gasteiger partial charge in [0, 0.05) is 48.3 Å². The smallest absolute Gasteiger partial charge is 0.273 e. The van der Waals surface area contributed by atoms with Crippen LogP contribution in [-0.2, 0) is 6.42 Å². The standard InChI is InChI=1S/C23H12Cl2N6O4S2.C12H6ClN3O3S.CH4O/c24-14-3-1-10-16(32)12(20(34)30(18(10)28-14)22-26-5-7-36-22)9-13-17(33)11-2-4-15(25)29-19(11)31(21(13)35)23-27-6-8-37-23;13-8-2-1-6-9(18)7(5-17)11(19)16(10(6)15-8)12-14-3-4-20-12;1-2/h1-8,32-33H,9H2;1-5,18H;2H,1H3. The van der Waals surface area contributed by atoms with Crippen LogP contribution in [0.4, 0.5) is 0 Å². The van der Waals surface area contributed by atoms with Gasteiger partial charge in [-0.1, -0.05) is 34.8 Å². The van der Waals surface area contributed by atoms with Gasteiger partial charge >= 0.3 is 0 Å². The molecule has 0 amide bonds. The average Bonchev–Trinajstić information content (AvgIpc) is 4.05. The maximum Gasteiger partial charge on any atom is 0.273 e. The minimum absolute atomic E-state index is 0.107. The highest BCUT2D eigenvalue weighted by atomic mass is 35.5. The zero-order valence-corrected chi connectivity index (χ0v) is 34.2. The lowest BCUT2D eigenvalue weighted by Crippen LogP contribution is -2.28. The van der Waals surface area contributed by atoms with Crippen LogP contribution in [-0.4, -0.2) is 77.4 Å². The van der Waals surface area contributed by atoms with Gasteiger partial charge in [0.05, 0.1) is 27.3 Å². The number of aliphatic hydroxyl groups is 1. The summed E-state index contributed by atoms with van der Waals surface area (Å²) in [6.45, 7) is 0. The summed E-state index contributed by atoms with van der Waals surface area (Å²) in [6.07, 6.45) is 4.49. The lowest BCUT2D eigenvalue weighted by atomic mass is 10.0. The van der Waals surface area contributed by atoms with Crippen molar-refractivity contribution >= 4 is 108 Å². The van der Waals surface area contributed by atoms with Crippen molar-refractivity contribution in [2.75, 3.05) is 7.11 Å². The van der Waals surface area contributed by atoms with Crippen LogP contribution in [0.15, 0.2) is 85.5 Å².